The van der Waals surface area contributed by atoms with Crippen molar-refractivity contribution in [1.29, 1.82) is 0 Å². The summed E-state index contributed by atoms with van der Waals surface area (Å²) >= 11 is 6.49. The first-order chi connectivity index (χ1) is 9.99. The van der Waals surface area contributed by atoms with E-state index in [1.54, 1.807) is 7.11 Å². The molecule has 1 atom stereocenters. The zero-order valence-corrected chi connectivity index (χ0v) is 14.0. The number of aryl methyl sites for hydroxylation is 3. The summed E-state index contributed by atoms with van der Waals surface area (Å²) in [6, 6.07) is 10.5. The number of rotatable bonds is 4. The van der Waals surface area contributed by atoms with Gasteiger partial charge in [0, 0.05) is 5.02 Å². The SMILES string of the molecule is CNC(c1cc(C)c(OC)c(C)c1)c1cccc(C)c1Cl. The second-order valence-corrected chi connectivity index (χ2v) is 5.77. The molecule has 0 spiro atoms. The fourth-order valence-electron chi connectivity index (χ4n) is 2.87. The Labute approximate surface area is 132 Å². The van der Waals surface area contributed by atoms with Crippen molar-refractivity contribution < 1.29 is 4.74 Å². The first-order valence-electron chi connectivity index (χ1n) is 7.07. The summed E-state index contributed by atoms with van der Waals surface area (Å²) in [5, 5.41) is 4.19. The highest BCUT2D eigenvalue weighted by molar-refractivity contribution is 6.32. The number of hydrogen-bond donors (Lipinski definition) is 1. The summed E-state index contributed by atoms with van der Waals surface area (Å²) in [6.45, 7) is 6.17. The van der Waals surface area contributed by atoms with Crippen molar-refractivity contribution in [3.05, 3.63) is 63.2 Å². The molecule has 1 unspecified atom stereocenters. The number of benzene rings is 2. The second-order valence-electron chi connectivity index (χ2n) is 5.39. The minimum atomic E-state index is 0.0701. The van der Waals surface area contributed by atoms with Gasteiger partial charge in [0.1, 0.15) is 5.75 Å². The summed E-state index contributed by atoms with van der Waals surface area (Å²) in [7, 11) is 3.67. The van der Waals surface area contributed by atoms with Crippen LogP contribution in [-0.2, 0) is 0 Å². The van der Waals surface area contributed by atoms with Gasteiger partial charge in [-0.3, -0.25) is 0 Å². The molecule has 0 saturated heterocycles. The number of ether oxygens (including phenoxy) is 1. The van der Waals surface area contributed by atoms with E-state index in [4.69, 9.17) is 16.3 Å². The average Bonchev–Trinajstić information content (AvgIpc) is 2.44. The minimum absolute atomic E-state index is 0.0701. The zero-order chi connectivity index (χ0) is 15.6. The summed E-state index contributed by atoms with van der Waals surface area (Å²) < 4.78 is 5.45. The maximum atomic E-state index is 6.49. The van der Waals surface area contributed by atoms with E-state index in [1.807, 2.05) is 26.1 Å². The molecule has 2 aromatic rings. The standard InChI is InChI=1S/C18H22ClNO/c1-11-7-6-8-15(16(11)19)17(20-4)14-9-12(2)18(21-5)13(3)10-14/h6-10,17,20H,1-5H3. The Morgan fingerprint density at radius 2 is 1.67 bits per heavy atom. The molecular weight excluding hydrogens is 282 g/mol. The van der Waals surface area contributed by atoms with Gasteiger partial charge >= 0.3 is 0 Å². The van der Waals surface area contributed by atoms with Crippen LogP contribution in [0.5, 0.6) is 5.75 Å². The molecule has 112 valence electrons. The fourth-order valence-corrected chi connectivity index (χ4v) is 3.10. The Morgan fingerprint density at radius 3 is 2.19 bits per heavy atom. The summed E-state index contributed by atoms with van der Waals surface area (Å²) in [6.07, 6.45) is 0. The highest BCUT2D eigenvalue weighted by Gasteiger charge is 2.18. The van der Waals surface area contributed by atoms with Crippen molar-refractivity contribution in [3.8, 4) is 5.75 Å². The molecule has 0 aromatic heterocycles. The average molecular weight is 304 g/mol. The van der Waals surface area contributed by atoms with E-state index in [0.717, 1.165) is 33.0 Å². The van der Waals surface area contributed by atoms with Gasteiger partial charge in [-0.05, 0) is 55.6 Å². The smallest absolute Gasteiger partial charge is 0.124 e. The molecule has 0 fully saturated rings. The van der Waals surface area contributed by atoms with E-state index in [2.05, 4.69) is 37.4 Å². The van der Waals surface area contributed by atoms with Crippen LogP contribution in [0.1, 0.15) is 33.9 Å². The van der Waals surface area contributed by atoms with Crippen LogP contribution < -0.4 is 10.1 Å². The molecule has 0 heterocycles. The largest absolute Gasteiger partial charge is 0.496 e. The van der Waals surface area contributed by atoms with Crippen LogP contribution in [0.2, 0.25) is 5.02 Å². The molecule has 0 aliphatic carbocycles. The van der Waals surface area contributed by atoms with Gasteiger partial charge in [0.05, 0.1) is 13.2 Å². The lowest BCUT2D eigenvalue weighted by atomic mass is 9.94. The molecule has 1 N–H and O–H groups in total. The Bertz CT molecular complexity index is 629. The quantitative estimate of drug-likeness (QED) is 0.892. The Kier molecular flexibility index (Phi) is 4.92. The number of hydrogen-bond acceptors (Lipinski definition) is 2. The van der Waals surface area contributed by atoms with Crippen molar-refractivity contribution in [2.75, 3.05) is 14.2 Å². The molecule has 0 aliphatic rings. The zero-order valence-electron chi connectivity index (χ0n) is 13.3. The topological polar surface area (TPSA) is 21.3 Å². The lowest BCUT2D eigenvalue weighted by molar-refractivity contribution is 0.408. The first-order valence-corrected chi connectivity index (χ1v) is 7.44. The Balaban J connectivity index is 2.54. The first kappa shape index (κ1) is 15.9. The number of methoxy groups -OCH3 is 1. The highest BCUT2D eigenvalue weighted by Crippen LogP contribution is 2.33. The van der Waals surface area contributed by atoms with Crippen LogP contribution in [0.15, 0.2) is 30.3 Å². The van der Waals surface area contributed by atoms with Crippen LogP contribution in [0, 0.1) is 20.8 Å². The van der Waals surface area contributed by atoms with Gasteiger partial charge in [0.2, 0.25) is 0 Å². The molecule has 21 heavy (non-hydrogen) atoms. The third-order valence-corrected chi connectivity index (χ3v) is 4.36. The van der Waals surface area contributed by atoms with Gasteiger partial charge in [-0.25, -0.2) is 0 Å². The summed E-state index contributed by atoms with van der Waals surface area (Å²) in [5.74, 6) is 0.948. The van der Waals surface area contributed by atoms with Crippen LogP contribution in [0.3, 0.4) is 0 Å². The lowest BCUT2D eigenvalue weighted by Gasteiger charge is -2.21. The van der Waals surface area contributed by atoms with E-state index in [-0.39, 0.29) is 6.04 Å². The van der Waals surface area contributed by atoms with E-state index < -0.39 is 0 Å². The molecule has 0 aliphatic heterocycles. The normalized spacial score (nSPS) is 12.3. The molecule has 0 bridgehead atoms. The number of nitrogens with one attached hydrogen (secondary N) is 1. The third-order valence-electron chi connectivity index (χ3n) is 3.84. The minimum Gasteiger partial charge on any atom is -0.496 e. The molecule has 0 amide bonds. The predicted molar refractivity (Wildman–Crippen MR) is 89.6 cm³/mol. The lowest BCUT2D eigenvalue weighted by Crippen LogP contribution is -2.18. The molecule has 2 aromatic carbocycles. The molecular formula is C18H22ClNO. The maximum absolute atomic E-state index is 6.49. The van der Waals surface area contributed by atoms with Crippen LogP contribution in [0.25, 0.3) is 0 Å². The van der Waals surface area contributed by atoms with E-state index in [1.165, 1.54) is 5.56 Å². The van der Waals surface area contributed by atoms with Gasteiger partial charge in [0.15, 0.2) is 0 Å². The monoisotopic (exact) mass is 303 g/mol. The van der Waals surface area contributed by atoms with Gasteiger partial charge in [-0.15, -0.1) is 0 Å². The predicted octanol–water partition coefficient (Wildman–Crippen LogP) is 4.58. The van der Waals surface area contributed by atoms with Crippen LogP contribution in [0.4, 0.5) is 0 Å². The van der Waals surface area contributed by atoms with Crippen molar-refractivity contribution in [2.45, 2.75) is 26.8 Å². The van der Waals surface area contributed by atoms with E-state index >= 15 is 0 Å². The summed E-state index contributed by atoms with van der Waals surface area (Å²) in [4.78, 5) is 0. The molecule has 3 heteroatoms. The van der Waals surface area contributed by atoms with Crippen LogP contribution in [-0.4, -0.2) is 14.2 Å². The van der Waals surface area contributed by atoms with Gasteiger partial charge in [-0.2, -0.15) is 0 Å². The van der Waals surface area contributed by atoms with E-state index in [9.17, 15) is 0 Å². The van der Waals surface area contributed by atoms with Crippen LogP contribution >= 0.6 is 11.6 Å². The molecule has 0 saturated carbocycles. The van der Waals surface area contributed by atoms with Gasteiger partial charge < -0.3 is 10.1 Å². The molecule has 2 rings (SSSR count). The van der Waals surface area contributed by atoms with Crippen molar-refractivity contribution in [3.63, 3.8) is 0 Å². The third kappa shape index (κ3) is 3.07. The van der Waals surface area contributed by atoms with Gasteiger partial charge in [-0.1, -0.05) is 41.9 Å². The number of halogens is 1. The Morgan fingerprint density at radius 1 is 1.05 bits per heavy atom. The molecule has 0 radical (unpaired) electrons. The second kappa shape index (κ2) is 6.50. The van der Waals surface area contributed by atoms with Crippen molar-refractivity contribution in [2.24, 2.45) is 0 Å². The highest BCUT2D eigenvalue weighted by atomic mass is 35.5. The van der Waals surface area contributed by atoms with Gasteiger partial charge in [0.25, 0.3) is 0 Å². The summed E-state index contributed by atoms with van der Waals surface area (Å²) in [5.41, 5.74) is 5.66. The molecule has 2 nitrogen and oxygen atoms in total. The van der Waals surface area contributed by atoms with Crippen molar-refractivity contribution >= 4 is 11.6 Å². The maximum Gasteiger partial charge on any atom is 0.124 e. The van der Waals surface area contributed by atoms with E-state index in [0.29, 0.717) is 0 Å². The Hall–Kier alpha value is -1.51. The fraction of sp³-hybridized carbons (Fsp3) is 0.333. The van der Waals surface area contributed by atoms with Crippen molar-refractivity contribution in [1.82, 2.24) is 5.32 Å².